The third-order valence-electron chi connectivity index (χ3n) is 1.80. The molecule has 1 rings (SSSR count). The molecule has 3 nitrogen and oxygen atoms in total. The van der Waals surface area contributed by atoms with Gasteiger partial charge in [0, 0.05) is 0 Å². The van der Waals surface area contributed by atoms with Crippen molar-refractivity contribution in [2.75, 3.05) is 0 Å². The van der Waals surface area contributed by atoms with E-state index in [1.54, 1.807) is 6.07 Å². The van der Waals surface area contributed by atoms with Crippen LogP contribution in [0.4, 0.5) is 8.78 Å². The third kappa shape index (κ3) is 2.47. The highest BCUT2D eigenvalue weighted by Gasteiger charge is 2.18. The van der Waals surface area contributed by atoms with E-state index in [1.165, 1.54) is 13.0 Å². The molecule has 0 aliphatic heterocycles. The Kier molecular flexibility index (Phi) is 3.80. The number of nitrogens with zero attached hydrogens (tertiary/aromatic N) is 1. The first kappa shape index (κ1) is 12.4. The van der Waals surface area contributed by atoms with Crippen molar-refractivity contribution in [2.24, 2.45) is 0 Å². The van der Waals surface area contributed by atoms with E-state index in [-0.39, 0.29) is 21.9 Å². The quantitative estimate of drug-likeness (QED) is 0.769. The highest BCUT2D eigenvalue weighted by molar-refractivity contribution is 6.35. The van der Waals surface area contributed by atoms with Gasteiger partial charge in [-0.15, -0.1) is 0 Å². The van der Waals surface area contributed by atoms with Crippen LogP contribution in [0.3, 0.4) is 0 Å². The highest BCUT2D eigenvalue weighted by atomic mass is 35.5. The number of rotatable bonds is 3. The van der Waals surface area contributed by atoms with Gasteiger partial charge in [-0.05, 0) is 19.1 Å². The molecule has 0 aromatic heterocycles. The molecule has 0 radical (unpaired) electrons. The summed E-state index contributed by atoms with van der Waals surface area (Å²) in [5.74, 6) is -0.804. The number of ether oxygens (including phenoxy) is 1. The van der Waals surface area contributed by atoms with Crippen LogP contribution in [0.5, 0.6) is 5.75 Å². The zero-order valence-corrected chi connectivity index (χ0v) is 8.89. The maximum atomic E-state index is 12.0. The average Bonchev–Trinajstić information content (AvgIpc) is 2.19. The third-order valence-corrected chi connectivity index (χ3v) is 2.17. The SMILES string of the molecule is CC(=O)c1c(C#N)ccc(OC(F)F)c1Cl. The lowest BCUT2D eigenvalue weighted by atomic mass is 10.0. The van der Waals surface area contributed by atoms with Crippen molar-refractivity contribution >= 4 is 17.4 Å². The fraction of sp³-hybridized carbons (Fsp3) is 0.200. The molecule has 1 aromatic carbocycles. The van der Waals surface area contributed by atoms with Crippen molar-refractivity contribution in [1.82, 2.24) is 0 Å². The fourth-order valence-electron chi connectivity index (χ4n) is 1.18. The maximum absolute atomic E-state index is 12.0. The fourth-order valence-corrected chi connectivity index (χ4v) is 1.52. The topological polar surface area (TPSA) is 50.1 Å². The molecule has 0 bridgehead atoms. The van der Waals surface area contributed by atoms with Gasteiger partial charge < -0.3 is 4.74 Å². The summed E-state index contributed by atoms with van der Waals surface area (Å²) in [4.78, 5) is 11.2. The molecule has 84 valence electrons. The van der Waals surface area contributed by atoms with E-state index in [9.17, 15) is 13.6 Å². The van der Waals surface area contributed by atoms with Crippen molar-refractivity contribution in [3.05, 3.63) is 28.3 Å². The Bertz CT molecular complexity index is 469. The monoisotopic (exact) mass is 245 g/mol. The Balaban J connectivity index is 3.33. The van der Waals surface area contributed by atoms with Crippen molar-refractivity contribution in [1.29, 1.82) is 5.26 Å². The molecule has 1 aromatic rings. The van der Waals surface area contributed by atoms with Crippen LogP contribution in [0.15, 0.2) is 12.1 Å². The van der Waals surface area contributed by atoms with Gasteiger partial charge in [0.05, 0.1) is 22.2 Å². The molecule has 0 saturated carbocycles. The first-order valence-corrected chi connectivity index (χ1v) is 4.53. The summed E-state index contributed by atoms with van der Waals surface area (Å²) in [7, 11) is 0. The molecular formula is C10H6ClF2NO2. The summed E-state index contributed by atoms with van der Waals surface area (Å²) in [6.07, 6.45) is 0. The summed E-state index contributed by atoms with van der Waals surface area (Å²) < 4.78 is 28.1. The van der Waals surface area contributed by atoms with E-state index >= 15 is 0 Å². The Morgan fingerprint density at radius 3 is 2.62 bits per heavy atom. The molecule has 6 heteroatoms. The zero-order chi connectivity index (χ0) is 12.3. The van der Waals surface area contributed by atoms with Gasteiger partial charge in [-0.2, -0.15) is 14.0 Å². The lowest BCUT2D eigenvalue weighted by Crippen LogP contribution is -2.06. The standard InChI is InChI=1S/C10H6ClF2NO2/c1-5(15)8-6(4-14)2-3-7(9(8)11)16-10(12)13/h2-3,10H,1H3. The number of nitriles is 1. The van der Waals surface area contributed by atoms with Gasteiger partial charge in [0.1, 0.15) is 5.75 Å². The minimum atomic E-state index is -3.04. The van der Waals surface area contributed by atoms with Gasteiger partial charge in [-0.25, -0.2) is 0 Å². The van der Waals surface area contributed by atoms with Crippen molar-refractivity contribution in [2.45, 2.75) is 13.5 Å². The number of hydrogen-bond acceptors (Lipinski definition) is 3. The van der Waals surface area contributed by atoms with E-state index in [0.717, 1.165) is 6.07 Å². The minimum absolute atomic E-state index is 0.0270. The Labute approximate surface area is 95.2 Å². The number of halogens is 3. The van der Waals surface area contributed by atoms with Crippen LogP contribution in [0.2, 0.25) is 5.02 Å². The molecule has 0 saturated heterocycles. The van der Waals surface area contributed by atoms with Crippen LogP contribution in [0.25, 0.3) is 0 Å². The van der Waals surface area contributed by atoms with Crippen molar-refractivity contribution < 1.29 is 18.3 Å². The van der Waals surface area contributed by atoms with Crippen LogP contribution in [-0.2, 0) is 0 Å². The second-order valence-corrected chi connectivity index (χ2v) is 3.22. The lowest BCUT2D eigenvalue weighted by Gasteiger charge is -2.09. The largest absolute Gasteiger partial charge is 0.433 e. The van der Waals surface area contributed by atoms with E-state index < -0.39 is 12.4 Å². The first-order valence-electron chi connectivity index (χ1n) is 4.15. The molecular weight excluding hydrogens is 240 g/mol. The number of alkyl halides is 2. The molecule has 16 heavy (non-hydrogen) atoms. The molecule has 0 aliphatic carbocycles. The average molecular weight is 246 g/mol. The Morgan fingerprint density at radius 2 is 2.19 bits per heavy atom. The summed E-state index contributed by atoms with van der Waals surface area (Å²) in [6.45, 7) is -1.85. The minimum Gasteiger partial charge on any atom is -0.433 e. The second-order valence-electron chi connectivity index (χ2n) is 2.85. The van der Waals surface area contributed by atoms with Gasteiger partial charge in [0.25, 0.3) is 0 Å². The number of Topliss-reactive ketones (excluding diaryl/α,β-unsaturated/α-hetero) is 1. The molecule has 0 amide bonds. The summed E-state index contributed by atoms with van der Waals surface area (Å²) in [5.41, 5.74) is -0.0820. The molecule has 0 spiro atoms. The smallest absolute Gasteiger partial charge is 0.387 e. The van der Waals surface area contributed by atoms with Crippen LogP contribution in [-0.4, -0.2) is 12.4 Å². The number of carbonyl (C=O) groups excluding carboxylic acids is 1. The number of benzene rings is 1. The van der Waals surface area contributed by atoms with Crippen LogP contribution in [0.1, 0.15) is 22.8 Å². The number of carbonyl (C=O) groups is 1. The molecule has 0 unspecified atom stereocenters. The summed E-state index contributed by atoms with van der Waals surface area (Å²) in [5, 5.41) is 8.44. The first-order chi connectivity index (χ1) is 7.47. The number of hydrogen-bond donors (Lipinski definition) is 0. The van der Waals surface area contributed by atoms with Crippen LogP contribution in [0, 0.1) is 11.3 Å². The van der Waals surface area contributed by atoms with Gasteiger partial charge in [-0.3, -0.25) is 4.79 Å². The molecule has 0 heterocycles. The molecule has 0 fully saturated rings. The number of ketones is 1. The predicted molar refractivity (Wildman–Crippen MR) is 52.8 cm³/mol. The lowest BCUT2D eigenvalue weighted by molar-refractivity contribution is -0.0498. The van der Waals surface area contributed by atoms with E-state index in [0.29, 0.717) is 0 Å². The predicted octanol–water partition coefficient (Wildman–Crippen LogP) is 3.02. The van der Waals surface area contributed by atoms with Gasteiger partial charge in [0.15, 0.2) is 5.78 Å². The maximum Gasteiger partial charge on any atom is 0.387 e. The summed E-state index contributed by atoms with van der Waals surface area (Å²) >= 11 is 5.70. The van der Waals surface area contributed by atoms with Crippen LogP contribution < -0.4 is 4.74 Å². The summed E-state index contributed by atoms with van der Waals surface area (Å²) in [6, 6.07) is 4.08. The van der Waals surface area contributed by atoms with E-state index in [1.807, 2.05) is 0 Å². The van der Waals surface area contributed by atoms with E-state index in [4.69, 9.17) is 16.9 Å². The zero-order valence-electron chi connectivity index (χ0n) is 8.13. The molecule has 0 aliphatic rings. The Hall–Kier alpha value is -1.67. The van der Waals surface area contributed by atoms with Crippen LogP contribution >= 0.6 is 11.6 Å². The molecule has 0 N–H and O–H groups in total. The Morgan fingerprint density at radius 1 is 1.56 bits per heavy atom. The van der Waals surface area contributed by atoms with Gasteiger partial charge in [0.2, 0.25) is 0 Å². The highest BCUT2D eigenvalue weighted by Crippen LogP contribution is 2.32. The van der Waals surface area contributed by atoms with Gasteiger partial charge in [-0.1, -0.05) is 11.6 Å². The van der Waals surface area contributed by atoms with Crippen molar-refractivity contribution in [3.63, 3.8) is 0 Å². The molecule has 0 atom stereocenters. The second kappa shape index (κ2) is 4.90. The van der Waals surface area contributed by atoms with E-state index in [2.05, 4.69) is 4.74 Å². The van der Waals surface area contributed by atoms with Crippen molar-refractivity contribution in [3.8, 4) is 11.8 Å². The normalized spacial score (nSPS) is 10.0. The van der Waals surface area contributed by atoms with Gasteiger partial charge >= 0.3 is 6.61 Å².